The van der Waals surface area contributed by atoms with Gasteiger partial charge in [0.25, 0.3) is 0 Å². The fourth-order valence-corrected chi connectivity index (χ4v) is 4.05. The molecule has 0 unspecified atom stereocenters. The number of nitrogen functional groups attached to an aromatic ring is 1. The lowest BCUT2D eigenvalue weighted by Gasteiger charge is -1.91. The maximum Gasteiger partial charge on any atom is 0.127 e. The van der Waals surface area contributed by atoms with Crippen molar-refractivity contribution in [3.8, 4) is 10.6 Å². The molecule has 0 radical (unpaired) electrons. The molecule has 0 aliphatic heterocycles. The predicted octanol–water partition coefficient (Wildman–Crippen LogP) is 4.82. The molecule has 2 aromatic heterocycles. The first-order chi connectivity index (χ1) is 8.69. The second kappa shape index (κ2) is 4.53. The van der Waals surface area contributed by atoms with Gasteiger partial charge in [-0.2, -0.15) is 0 Å². The standard InChI is InChI=1S/C13H11ClN2S2/c1-2-7-6-8(12(15)17-7)13-16-10-5-3-4-9(14)11(10)18-13/h3-6H,2,15H2,1H3. The lowest BCUT2D eigenvalue weighted by atomic mass is 10.3. The number of nitrogens with two attached hydrogens (primary N) is 1. The molecule has 0 amide bonds. The number of aryl methyl sites for hydroxylation is 1. The average molecular weight is 295 g/mol. The summed E-state index contributed by atoms with van der Waals surface area (Å²) in [4.78, 5) is 5.90. The molecule has 0 aliphatic carbocycles. The molecule has 3 rings (SSSR count). The molecule has 3 aromatic rings. The number of thiazole rings is 1. The van der Waals surface area contributed by atoms with Crippen LogP contribution in [-0.2, 0) is 6.42 Å². The molecule has 2 heterocycles. The Labute approximate surface area is 118 Å². The molecule has 0 spiro atoms. The van der Waals surface area contributed by atoms with Crippen molar-refractivity contribution >= 4 is 49.5 Å². The smallest absolute Gasteiger partial charge is 0.127 e. The van der Waals surface area contributed by atoms with E-state index in [0.29, 0.717) is 0 Å². The summed E-state index contributed by atoms with van der Waals surface area (Å²) in [5, 5.41) is 2.54. The van der Waals surface area contributed by atoms with Gasteiger partial charge in [0.15, 0.2) is 0 Å². The number of nitrogens with zero attached hydrogens (tertiary/aromatic N) is 1. The quantitative estimate of drug-likeness (QED) is 0.736. The van der Waals surface area contributed by atoms with E-state index >= 15 is 0 Å². The topological polar surface area (TPSA) is 38.9 Å². The van der Waals surface area contributed by atoms with Crippen molar-refractivity contribution in [3.63, 3.8) is 0 Å². The van der Waals surface area contributed by atoms with Gasteiger partial charge in [0.05, 0.1) is 20.2 Å². The van der Waals surface area contributed by atoms with E-state index in [1.54, 1.807) is 22.7 Å². The predicted molar refractivity (Wildman–Crippen MR) is 81.7 cm³/mol. The maximum absolute atomic E-state index is 6.17. The first kappa shape index (κ1) is 12.0. The van der Waals surface area contributed by atoms with Gasteiger partial charge in [0.1, 0.15) is 5.01 Å². The van der Waals surface area contributed by atoms with Gasteiger partial charge in [-0.1, -0.05) is 24.6 Å². The van der Waals surface area contributed by atoms with Gasteiger partial charge in [-0.05, 0) is 24.6 Å². The minimum atomic E-state index is 0.751. The summed E-state index contributed by atoms with van der Waals surface area (Å²) in [6.45, 7) is 2.13. The number of hydrogen-bond donors (Lipinski definition) is 1. The molecule has 0 bridgehead atoms. The molecule has 0 atom stereocenters. The lowest BCUT2D eigenvalue weighted by molar-refractivity contribution is 1.19. The SMILES string of the molecule is CCc1cc(-c2nc3cccc(Cl)c3s2)c(N)s1. The van der Waals surface area contributed by atoms with Crippen LogP contribution in [0.1, 0.15) is 11.8 Å². The largest absolute Gasteiger partial charge is 0.390 e. The van der Waals surface area contributed by atoms with Crippen molar-refractivity contribution in [2.75, 3.05) is 5.73 Å². The highest BCUT2D eigenvalue weighted by Crippen LogP contribution is 2.39. The van der Waals surface area contributed by atoms with Gasteiger partial charge in [-0.25, -0.2) is 4.98 Å². The van der Waals surface area contributed by atoms with E-state index in [0.717, 1.165) is 37.2 Å². The molecule has 0 fully saturated rings. The Balaban J connectivity index is 2.19. The van der Waals surface area contributed by atoms with Crippen LogP contribution in [0.3, 0.4) is 0 Å². The second-order valence-corrected chi connectivity index (χ2v) is 6.53. The Bertz CT molecular complexity index is 715. The van der Waals surface area contributed by atoms with Crippen molar-refractivity contribution in [3.05, 3.63) is 34.2 Å². The van der Waals surface area contributed by atoms with E-state index in [1.165, 1.54) is 4.88 Å². The summed E-state index contributed by atoms with van der Waals surface area (Å²) < 4.78 is 1.03. The number of thiophene rings is 1. The molecule has 0 saturated carbocycles. The van der Waals surface area contributed by atoms with Crippen LogP contribution >= 0.6 is 34.3 Å². The zero-order valence-electron chi connectivity index (χ0n) is 9.74. The van der Waals surface area contributed by atoms with Gasteiger partial charge in [0, 0.05) is 10.4 Å². The summed E-state index contributed by atoms with van der Waals surface area (Å²) in [7, 11) is 0. The van der Waals surface area contributed by atoms with Gasteiger partial charge in [-0.15, -0.1) is 22.7 Å². The summed E-state index contributed by atoms with van der Waals surface area (Å²) in [6.07, 6.45) is 1.00. The van der Waals surface area contributed by atoms with Crippen molar-refractivity contribution in [1.29, 1.82) is 0 Å². The number of halogens is 1. The number of benzene rings is 1. The fraction of sp³-hybridized carbons (Fsp3) is 0.154. The summed E-state index contributed by atoms with van der Waals surface area (Å²) in [6, 6.07) is 7.92. The number of rotatable bonds is 2. The average Bonchev–Trinajstić information content (AvgIpc) is 2.93. The van der Waals surface area contributed by atoms with E-state index in [-0.39, 0.29) is 0 Å². The molecule has 1 aromatic carbocycles. The molecule has 92 valence electrons. The first-order valence-corrected chi connectivity index (χ1v) is 7.63. The summed E-state index contributed by atoms with van der Waals surface area (Å²) in [5.41, 5.74) is 8.03. The van der Waals surface area contributed by atoms with Crippen molar-refractivity contribution in [2.45, 2.75) is 13.3 Å². The van der Waals surface area contributed by atoms with E-state index in [2.05, 4.69) is 18.0 Å². The summed E-state index contributed by atoms with van der Waals surface area (Å²) >= 11 is 9.41. The molecule has 0 aliphatic rings. The molecule has 2 nitrogen and oxygen atoms in total. The van der Waals surface area contributed by atoms with Crippen molar-refractivity contribution in [2.24, 2.45) is 0 Å². The Hall–Kier alpha value is -1.10. The van der Waals surface area contributed by atoms with Crippen LogP contribution in [0.4, 0.5) is 5.00 Å². The number of aromatic nitrogens is 1. The molecule has 2 N–H and O–H groups in total. The van der Waals surface area contributed by atoms with Crippen LogP contribution in [0.15, 0.2) is 24.3 Å². The molecule has 5 heteroatoms. The highest BCUT2D eigenvalue weighted by Gasteiger charge is 2.13. The highest BCUT2D eigenvalue weighted by atomic mass is 35.5. The van der Waals surface area contributed by atoms with E-state index in [9.17, 15) is 0 Å². The Morgan fingerprint density at radius 3 is 2.83 bits per heavy atom. The lowest BCUT2D eigenvalue weighted by Crippen LogP contribution is -1.81. The van der Waals surface area contributed by atoms with Gasteiger partial charge in [0.2, 0.25) is 0 Å². The third-order valence-corrected chi connectivity index (χ3v) is 5.43. The van der Waals surface area contributed by atoms with Gasteiger partial charge < -0.3 is 5.73 Å². The Morgan fingerprint density at radius 1 is 1.33 bits per heavy atom. The van der Waals surface area contributed by atoms with Crippen LogP contribution in [-0.4, -0.2) is 4.98 Å². The van der Waals surface area contributed by atoms with Crippen LogP contribution in [0.25, 0.3) is 20.8 Å². The minimum Gasteiger partial charge on any atom is -0.390 e. The van der Waals surface area contributed by atoms with Crippen molar-refractivity contribution in [1.82, 2.24) is 4.98 Å². The van der Waals surface area contributed by atoms with E-state index in [1.807, 2.05) is 18.2 Å². The zero-order chi connectivity index (χ0) is 12.7. The second-order valence-electron chi connectivity index (χ2n) is 3.95. The Kier molecular flexibility index (Phi) is 3.01. The van der Waals surface area contributed by atoms with E-state index < -0.39 is 0 Å². The van der Waals surface area contributed by atoms with Crippen LogP contribution in [0.5, 0.6) is 0 Å². The number of anilines is 1. The van der Waals surface area contributed by atoms with Crippen molar-refractivity contribution < 1.29 is 0 Å². The van der Waals surface area contributed by atoms with Gasteiger partial charge >= 0.3 is 0 Å². The molecule has 18 heavy (non-hydrogen) atoms. The third-order valence-electron chi connectivity index (χ3n) is 2.76. The number of hydrogen-bond acceptors (Lipinski definition) is 4. The first-order valence-electron chi connectivity index (χ1n) is 5.62. The highest BCUT2D eigenvalue weighted by molar-refractivity contribution is 7.23. The normalized spacial score (nSPS) is 11.2. The monoisotopic (exact) mass is 294 g/mol. The third kappa shape index (κ3) is 1.90. The number of fused-ring (bicyclic) bond motifs is 1. The molecular weight excluding hydrogens is 284 g/mol. The Morgan fingerprint density at radius 2 is 2.17 bits per heavy atom. The van der Waals surface area contributed by atoms with Crippen LogP contribution < -0.4 is 5.73 Å². The zero-order valence-corrected chi connectivity index (χ0v) is 12.1. The maximum atomic E-state index is 6.17. The fourth-order valence-electron chi connectivity index (χ4n) is 1.83. The molecule has 0 saturated heterocycles. The summed E-state index contributed by atoms with van der Waals surface area (Å²) in [5.74, 6) is 0. The minimum absolute atomic E-state index is 0.751. The van der Waals surface area contributed by atoms with E-state index in [4.69, 9.17) is 17.3 Å². The van der Waals surface area contributed by atoms with Gasteiger partial charge in [-0.3, -0.25) is 0 Å². The van der Waals surface area contributed by atoms with Crippen LogP contribution in [0.2, 0.25) is 5.02 Å². The molecular formula is C13H11ClN2S2. The van der Waals surface area contributed by atoms with Crippen LogP contribution in [0, 0.1) is 0 Å².